The Morgan fingerprint density at radius 2 is 1.87 bits per heavy atom. The minimum Gasteiger partial charge on any atom is -0.497 e. The van der Waals surface area contributed by atoms with E-state index in [9.17, 15) is 4.79 Å². The highest BCUT2D eigenvalue weighted by Gasteiger charge is 2.22. The summed E-state index contributed by atoms with van der Waals surface area (Å²) in [5, 5.41) is 12.4. The van der Waals surface area contributed by atoms with Gasteiger partial charge in [0.15, 0.2) is 4.34 Å². The Hall–Kier alpha value is -2.92. The predicted octanol–water partition coefficient (Wildman–Crippen LogP) is 2.39. The van der Waals surface area contributed by atoms with Crippen LogP contribution in [0, 0.1) is 0 Å². The molecule has 1 N–H and O–H groups in total. The van der Waals surface area contributed by atoms with Crippen molar-refractivity contribution in [1.82, 2.24) is 25.1 Å². The molecule has 0 saturated carbocycles. The SMILES string of the molecule is COc1ccc(CNc2nnc(SCC(=O)N3CCN(c4ncccn4)CC3)s2)cc1. The number of thioether (sulfide) groups is 1. The summed E-state index contributed by atoms with van der Waals surface area (Å²) in [5.74, 6) is 2.02. The lowest BCUT2D eigenvalue weighted by Crippen LogP contribution is -2.49. The highest BCUT2D eigenvalue weighted by Crippen LogP contribution is 2.26. The summed E-state index contributed by atoms with van der Waals surface area (Å²) in [5.41, 5.74) is 1.13. The average Bonchev–Trinajstić information content (AvgIpc) is 3.30. The molecule has 0 radical (unpaired) electrons. The van der Waals surface area contributed by atoms with Gasteiger partial charge < -0.3 is 19.9 Å². The lowest BCUT2D eigenvalue weighted by atomic mass is 10.2. The number of rotatable bonds is 8. The van der Waals surface area contributed by atoms with Gasteiger partial charge in [-0.1, -0.05) is 35.2 Å². The van der Waals surface area contributed by atoms with E-state index in [0.29, 0.717) is 31.3 Å². The quantitative estimate of drug-likeness (QED) is 0.511. The molecule has 0 bridgehead atoms. The molecule has 0 aliphatic carbocycles. The number of amides is 1. The average molecular weight is 458 g/mol. The summed E-state index contributed by atoms with van der Waals surface area (Å²) in [7, 11) is 1.65. The first-order chi connectivity index (χ1) is 15.2. The number of nitrogens with zero attached hydrogens (tertiary/aromatic N) is 6. The Kier molecular flexibility index (Phi) is 7.15. The van der Waals surface area contributed by atoms with E-state index < -0.39 is 0 Å². The number of benzene rings is 1. The van der Waals surface area contributed by atoms with Gasteiger partial charge in [0, 0.05) is 45.1 Å². The first kappa shape index (κ1) is 21.3. The molecule has 3 heterocycles. The van der Waals surface area contributed by atoms with Crippen LogP contribution in [-0.4, -0.2) is 70.0 Å². The fourth-order valence-electron chi connectivity index (χ4n) is 3.09. The van der Waals surface area contributed by atoms with Gasteiger partial charge >= 0.3 is 0 Å². The van der Waals surface area contributed by atoms with E-state index in [4.69, 9.17) is 4.74 Å². The number of ether oxygens (including phenoxy) is 1. The summed E-state index contributed by atoms with van der Waals surface area (Å²) in [6, 6.07) is 9.66. The Morgan fingerprint density at radius 1 is 1.13 bits per heavy atom. The molecule has 1 aliphatic rings. The van der Waals surface area contributed by atoms with Gasteiger partial charge in [-0.05, 0) is 23.8 Å². The van der Waals surface area contributed by atoms with Crippen LogP contribution in [0.3, 0.4) is 0 Å². The second-order valence-electron chi connectivity index (χ2n) is 6.78. The van der Waals surface area contributed by atoms with E-state index in [1.807, 2.05) is 29.2 Å². The van der Waals surface area contributed by atoms with Gasteiger partial charge in [0.05, 0.1) is 12.9 Å². The third-order valence-corrected chi connectivity index (χ3v) is 6.79. The fraction of sp³-hybridized carbons (Fsp3) is 0.350. The van der Waals surface area contributed by atoms with Crippen molar-refractivity contribution in [2.24, 2.45) is 0 Å². The lowest BCUT2D eigenvalue weighted by Gasteiger charge is -2.34. The summed E-state index contributed by atoms with van der Waals surface area (Å²) in [6.07, 6.45) is 3.47. The molecule has 4 rings (SSSR count). The van der Waals surface area contributed by atoms with Crippen LogP contribution in [-0.2, 0) is 11.3 Å². The molecule has 162 valence electrons. The first-order valence-electron chi connectivity index (χ1n) is 9.84. The van der Waals surface area contributed by atoms with Crippen molar-refractivity contribution in [3.63, 3.8) is 0 Å². The number of hydrogen-bond acceptors (Lipinski definition) is 10. The van der Waals surface area contributed by atoms with Crippen molar-refractivity contribution in [2.75, 3.05) is 49.3 Å². The van der Waals surface area contributed by atoms with Crippen molar-refractivity contribution >= 4 is 40.1 Å². The minimum atomic E-state index is 0.113. The van der Waals surface area contributed by atoms with E-state index in [1.165, 1.54) is 23.1 Å². The number of carbonyl (C=O) groups is 1. The van der Waals surface area contributed by atoms with E-state index in [-0.39, 0.29) is 5.91 Å². The molecule has 1 amide bonds. The Bertz CT molecular complexity index is 977. The highest BCUT2D eigenvalue weighted by molar-refractivity contribution is 8.01. The summed E-state index contributed by atoms with van der Waals surface area (Å²) >= 11 is 2.88. The number of hydrogen-bond donors (Lipinski definition) is 1. The van der Waals surface area contributed by atoms with Crippen LogP contribution in [0.5, 0.6) is 5.75 Å². The standard InChI is InChI=1S/C20H23N7O2S2/c1-29-16-5-3-15(4-6-16)13-23-19-24-25-20(31-19)30-14-17(28)26-9-11-27(12-10-26)18-21-7-2-8-22-18/h2-8H,9-14H2,1H3,(H,23,24). The molecular formula is C20H23N7O2S2. The van der Waals surface area contributed by atoms with Crippen molar-refractivity contribution < 1.29 is 9.53 Å². The highest BCUT2D eigenvalue weighted by atomic mass is 32.2. The molecule has 0 atom stereocenters. The molecule has 1 aromatic carbocycles. The first-order valence-corrected chi connectivity index (χ1v) is 11.6. The van der Waals surface area contributed by atoms with E-state index in [2.05, 4.69) is 30.4 Å². The molecule has 11 heteroatoms. The Morgan fingerprint density at radius 3 is 2.58 bits per heavy atom. The zero-order valence-electron chi connectivity index (χ0n) is 17.1. The maximum atomic E-state index is 12.6. The third-order valence-electron chi connectivity index (χ3n) is 4.80. The Balaban J connectivity index is 1.20. The second-order valence-corrected chi connectivity index (χ2v) is 8.98. The predicted molar refractivity (Wildman–Crippen MR) is 122 cm³/mol. The lowest BCUT2D eigenvalue weighted by molar-refractivity contribution is -0.128. The van der Waals surface area contributed by atoms with Gasteiger partial charge in [0.25, 0.3) is 0 Å². The molecular weight excluding hydrogens is 434 g/mol. The van der Waals surface area contributed by atoms with Crippen LogP contribution < -0.4 is 15.0 Å². The van der Waals surface area contributed by atoms with Crippen LogP contribution in [0.15, 0.2) is 47.1 Å². The van der Waals surface area contributed by atoms with Crippen LogP contribution in [0.2, 0.25) is 0 Å². The van der Waals surface area contributed by atoms with Crippen LogP contribution in [0.25, 0.3) is 0 Å². The van der Waals surface area contributed by atoms with Gasteiger partial charge in [0.2, 0.25) is 17.0 Å². The van der Waals surface area contributed by atoms with Gasteiger partial charge in [-0.25, -0.2) is 9.97 Å². The van der Waals surface area contributed by atoms with Crippen LogP contribution in [0.4, 0.5) is 11.1 Å². The van der Waals surface area contributed by atoms with Crippen molar-refractivity contribution in [1.29, 1.82) is 0 Å². The van der Waals surface area contributed by atoms with E-state index in [0.717, 1.165) is 33.9 Å². The largest absolute Gasteiger partial charge is 0.497 e. The minimum absolute atomic E-state index is 0.113. The van der Waals surface area contributed by atoms with Gasteiger partial charge in [-0.3, -0.25) is 4.79 Å². The molecule has 1 aliphatic heterocycles. The van der Waals surface area contributed by atoms with E-state index in [1.54, 1.807) is 25.6 Å². The number of piperazine rings is 1. The number of carbonyl (C=O) groups excluding carboxylic acids is 1. The number of nitrogens with one attached hydrogen (secondary N) is 1. The molecule has 2 aromatic heterocycles. The fourth-order valence-corrected chi connectivity index (χ4v) is 4.74. The maximum Gasteiger partial charge on any atom is 0.233 e. The summed E-state index contributed by atoms with van der Waals surface area (Å²) in [4.78, 5) is 25.1. The van der Waals surface area contributed by atoms with Crippen molar-refractivity contribution in [2.45, 2.75) is 10.9 Å². The van der Waals surface area contributed by atoms with Crippen molar-refractivity contribution in [3.05, 3.63) is 48.3 Å². The van der Waals surface area contributed by atoms with Crippen LogP contribution >= 0.6 is 23.1 Å². The molecule has 1 fully saturated rings. The monoisotopic (exact) mass is 457 g/mol. The Labute approximate surface area is 188 Å². The zero-order chi connectivity index (χ0) is 21.5. The zero-order valence-corrected chi connectivity index (χ0v) is 18.7. The number of aromatic nitrogens is 4. The number of methoxy groups -OCH3 is 1. The molecule has 9 nitrogen and oxygen atoms in total. The van der Waals surface area contributed by atoms with Gasteiger partial charge in [-0.2, -0.15) is 0 Å². The molecule has 0 unspecified atom stereocenters. The number of anilines is 2. The second kappa shape index (κ2) is 10.4. The molecule has 3 aromatic rings. The van der Waals surface area contributed by atoms with Gasteiger partial charge in [0.1, 0.15) is 5.75 Å². The topological polar surface area (TPSA) is 96.4 Å². The summed E-state index contributed by atoms with van der Waals surface area (Å²) in [6.45, 7) is 3.46. The molecule has 31 heavy (non-hydrogen) atoms. The summed E-state index contributed by atoms with van der Waals surface area (Å²) < 4.78 is 5.95. The van der Waals surface area contributed by atoms with Crippen LogP contribution in [0.1, 0.15) is 5.56 Å². The van der Waals surface area contributed by atoms with Crippen molar-refractivity contribution in [3.8, 4) is 5.75 Å². The normalized spacial score (nSPS) is 13.8. The van der Waals surface area contributed by atoms with Gasteiger partial charge in [-0.15, -0.1) is 10.2 Å². The smallest absolute Gasteiger partial charge is 0.233 e. The third kappa shape index (κ3) is 5.82. The maximum absolute atomic E-state index is 12.6. The molecule has 1 saturated heterocycles. The molecule has 0 spiro atoms. The van der Waals surface area contributed by atoms with E-state index >= 15 is 0 Å².